The Hall–Kier alpha value is -3.02. The molecule has 1 heterocycles. The first kappa shape index (κ1) is 15.9. The molecule has 1 amide bonds. The summed E-state index contributed by atoms with van der Waals surface area (Å²) < 4.78 is 5.26. The van der Waals surface area contributed by atoms with Crippen LogP contribution in [0.5, 0.6) is 5.75 Å². The van der Waals surface area contributed by atoms with Gasteiger partial charge in [-0.25, -0.2) is 4.99 Å². The molecule has 0 spiro atoms. The molecular weight excluding hydrogens is 304 g/mol. The lowest BCUT2D eigenvalue weighted by Gasteiger charge is -2.24. The summed E-state index contributed by atoms with van der Waals surface area (Å²) in [5, 5.41) is 9.45. The highest BCUT2D eigenvalue weighted by Crippen LogP contribution is 2.27. The first-order chi connectivity index (χ1) is 11.5. The zero-order valence-corrected chi connectivity index (χ0v) is 13.9. The van der Waals surface area contributed by atoms with Crippen molar-refractivity contribution in [1.29, 1.82) is 0 Å². The molecule has 0 aliphatic carbocycles. The number of hydrogen-bond donors (Lipinski definition) is 3. The highest BCUT2D eigenvalue weighted by molar-refractivity contribution is 6.13. The van der Waals surface area contributed by atoms with Crippen LogP contribution < -0.4 is 20.7 Å². The molecule has 2 aromatic rings. The maximum absolute atomic E-state index is 11.3. The summed E-state index contributed by atoms with van der Waals surface area (Å²) in [5.41, 5.74) is 3.50. The summed E-state index contributed by atoms with van der Waals surface area (Å²) in [4.78, 5) is 15.9. The number of fused-ring (bicyclic) bond motifs is 1. The van der Waals surface area contributed by atoms with E-state index in [1.54, 1.807) is 7.11 Å². The van der Waals surface area contributed by atoms with Crippen LogP contribution in [0.25, 0.3) is 0 Å². The summed E-state index contributed by atoms with van der Waals surface area (Å²) in [5.74, 6) is 1.41. The van der Waals surface area contributed by atoms with E-state index >= 15 is 0 Å². The van der Waals surface area contributed by atoms with Crippen LogP contribution in [0.1, 0.15) is 19.4 Å². The summed E-state index contributed by atoms with van der Waals surface area (Å²) in [6.07, 6.45) is -0.0442. The summed E-state index contributed by atoms with van der Waals surface area (Å²) in [6, 6.07) is 13.4. The third kappa shape index (κ3) is 3.48. The molecule has 3 N–H and O–H groups in total. The number of anilines is 3. The van der Waals surface area contributed by atoms with Gasteiger partial charge in [0, 0.05) is 35.6 Å². The van der Waals surface area contributed by atoms with Gasteiger partial charge in [0.1, 0.15) is 17.8 Å². The number of aliphatic imine (C=N–C) groups is 1. The number of amides is 1. The minimum atomic E-state index is -0.105. The second-order valence-corrected chi connectivity index (χ2v) is 5.60. The van der Waals surface area contributed by atoms with Gasteiger partial charge in [-0.15, -0.1) is 0 Å². The van der Waals surface area contributed by atoms with Crippen LogP contribution in [0, 0.1) is 0 Å². The van der Waals surface area contributed by atoms with Crippen molar-refractivity contribution in [3.05, 3.63) is 48.0 Å². The van der Waals surface area contributed by atoms with Crippen LogP contribution in [-0.2, 0) is 4.79 Å². The predicted octanol–water partition coefficient (Wildman–Crippen LogP) is 3.28. The first-order valence-electron chi connectivity index (χ1n) is 7.72. The van der Waals surface area contributed by atoms with Gasteiger partial charge in [0.25, 0.3) is 0 Å². The molecular formula is C18H20N4O2. The van der Waals surface area contributed by atoms with Gasteiger partial charge in [0.2, 0.25) is 5.91 Å². The molecule has 0 aromatic heterocycles. The molecule has 1 aliphatic heterocycles. The van der Waals surface area contributed by atoms with Crippen LogP contribution in [0.15, 0.2) is 47.5 Å². The smallest absolute Gasteiger partial charge is 0.221 e. The lowest BCUT2D eigenvalue weighted by Crippen LogP contribution is -2.27. The van der Waals surface area contributed by atoms with E-state index in [1.807, 2.05) is 49.4 Å². The van der Waals surface area contributed by atoms with Crippen molar-refractivity contribution in [3.8, 4) is 5.75 Å². The Labute approximate surface area is 140 Å². The van der Waals surface area contributed by atoms with E-state index in [1.165, 1.54) is 6.92 Å². The fourth-order valence-electron chi connectivity index (χ4n) is 2.60. The molecule has 6 heteroatoms. The predicted molar refractivity (Wildman–Crippen MR) is 97.0 cm³/mol. The van der Waals surface area contributed by atoms with Crippen molar-refractivity contribution in [2.75, 3.05) is 23.1 Å². The molecule has 0 bridgehead atoms. The van der Waals surface area contributed by atoms with Crippen LogP contribution in [-0.4, -0.2) is 25.0 Å². The van der Waals surface area contributed by atoms with E-state index in [2.05, 4.69) is 20.9 Å². The monoisotopic (exact) mass is 324 g/mol. The number of rotatable bonds is 3. The van der Waals surface area contributed by atoms with Crippen molar-refractivity contribution >= 4 is 28.8 Å². The van der Waals surface area contributed by atoms with E-state index in [9.17, 15) is 4.79 Å². The minimum Gasteiger partial charge on any atom is -0.497 e. The molecule has 24 heavy (non-hydrogen) atoms. The number of methoxy groups -OCH3 is 1. The molecule has 0 saturated heterocycles. The average Bonchev–Trinajstić information content (AvgIpc) is 2.55. The molecule has 1 unspecified atom stereocenters. The quantitative estimate of drug-likeness (QED) is 0.810. The van der Waals surface area contributed by atoms with Crippen molar-refractivity contribution in [3.63, 3.8) is 0 Å². The topological polar surface area (TPSA) is 74.8 Å². The van der Waals surface area contributed by atoms with E-state index in [0.717, 1.165) is 34.2 Å². The highest BCUT2D eigenvalue weighted by Gasteiger charge is 2.18. The highest BCUT2D eigenvalue weighted by atomic mass is 16.5. The van der Waals surface area contributed by atoms with E-state index in [4.69, 9.17) is 4.74 Å². The van der Waals surface area contributed by atoms with Crippen molar-refractivity contribution in [2.45, 2.75) is 20.0 Å². The zero-order chi connectivity index (χ0) is 17.1. The Morgan fingerprint density at radius 2 is 2.04 bits per heavy atom. The summed E-state index contributed by atoms with van der Waals surface area (Å²) in [6.45, 7) is 3.47. The number of nitrogens with zero attached hydrogens (tertiary/aromatic N) is 1. The Bertz CT molecular complexity index is 801. The number of nitrogens with one attached hydrogen (secondary N) is 3. The molecule has 3 rings (SSSR count). The number of carbonyl (C=O) groups is 1. The number of ether oxygens (including phenoxy) is 1. The SMILES string of the molecule is COc1cccc(NC2=NC(C)Nc3ccc(NC(C)=O)cc32)c1. The van der Waals surface area contributed by atoms with Gasteiger partial charge in [-0.05, 0) is 37.3 Å². The van der Waals surface area contributed by atoms with E-state index < -0.39 is 0 Å². The lowest BCUT2D eigenvalue weighted by molar-refractivity contribution is -0.114. The van der Waals surface area contributed by atoms with E-state index in [0.29, 0.717) is 0 Å². The molecule has 2 aromatic carbocycles. The van der Waals surface area contributed by atoms with Gasteiger partial charge in [-0.1, -0.05) is 6.07 Å². The van der Waals surface area contributed by atoms with Gasteiger partial charge in [0.15, 0.2) is 0 Å². The molecule has 0 fully saturated rings. The number of hydrogen-bond acceptors (Lipinski definition) is 5. The third-order valence-electron chi connectivity index (χ3n) is 3.61. The Morgan fingerprint density at radius 3 is 2.79 bits per heavy atom. The average molecular weight is 324 g/mol. The van der Waals surface area contributed by atoms with Crippen molar-refractivity contribution in [2.24, 2.45) is 4.99 Å². The fraction of sp³-hybridized carbons (Fsp3) is 0.222. The summed E-state index contributed by atoms with van der Waals surface area (Å²) in [7, 11) is 1.64. The fourth-order valence-corrected chi connectivity index (χ4v) is 2.60. The minimum absolute atomic E-state index is 0.0442. The standard InChI is InChI=1S/C18H20N4O2/c1-11-19-17-8-7-14(21-12(2)23)10-16(17)18(20-11)22-13-5-4-6-15(9-13)24-3/h4-11,19H,1-3H3,(H,20,22)(H,21,23). The number of benzene rings is 2. The van der Waals surface area contributed by atoms with Crippen molar-refractivity contribution in [1.82, 2.24) is 0 Å². The van der Waals surface area contributed by atoms with Gasteiger partial charge >= 0.3 is 0 Å². The maximum Gasteiger partial charge on any atom is 0.221 e. The maximum atomic E-state index is 11.3. The Kier molecular flexibility index (Phi) is 4.37. The molecule has 124 valence electrons. The second-order valence-electron chi connectivity index (χ2n) is 5.60. The second kappa shape index (κ2) is 6.62. The Balaban J connectivity index is 1.94. The lowest BCUT2D eigenvalue weighted by atomic mass is 10.1. The first-order valence-corrected chi connectivity index (χ1v) is 7.72. The molecule has 0 radical (unpaired) electrons. The molecule has 1 aliphatic rings. The van der Waals surface area contributed by atoms with Gasteiger partial charge < -0.3 is 20.7 Å². The third-order valence-corrected chi connectivity index (χ3v) is 3.61. The molecule has 6 nitrogen and oxygen atoms in total. The van der Waals surface area contributed by atoms with Crippen LogP contribution in [0.2, 0.25) is 0 Å². The largest absolute Gasteiger partial charge is 0.497 e. The normalized spacial score (nSPS) is 15.6. The van der Waals surface area contributed by atoms with E-state index in [-0.39, 0.29) is 12.1 Å². The van der Waals surface area contributed by atoms with Crippen LogP contribution >= 0.6 is 0 Å². The Morgan fingerprint density at radius 1 is 1.21 bits per heavy atom. The number of carbonyl (C=O) groups excluding carboxylic acids is 1. The van der Waals surface area contributed by atoms with Gasteiger partial charge in [0.05, 0.1) is 7.11 Å². The van der Waals surface area contributed by atoms with Crippen LogP contribution in [0.4, 0.5) is 17.1 Å². The summed E-state index contributed by atoms with van der Waals surface area (Å²) >= 11 is 0. The molecule has 1 atom stereocenters. The van der Waals surface area contributed by atoms with Gasteiger partial charge in [-0.3, -0.25) is 4.79 Å². The molecule has 0 saturated carbocycles. The number of amidine groups is 1. The van der Waals surface area contributed by atoms with Crippen LogP contribution in [0.3, 0.4) is 0 Å². The van der Waals surface area contributed by atoms with Crippen molar-refractivity contribution < 1.29 is 9.53 Å². The zero-order valence-electron chi connectivity index (χ0n) is 13.9. The van der Waals surface area contributed by atoms with Gasteiger partial charge in [-0.2, -0.15) is 0 Å².